The van der Waals surface area contributed by atoms with E-state index >= 15 is 0 Å². The Hall–Kier alpha value is -0.810. The molecule has 0 aromatic carbocycles. The quantitative estimate of drug-likeness (QED) is 0.665. The van der Waals surface area contributed by atoms with Gasteiger partial charge in [0.2, 0.25) is 5.91 Å². The number of carbonyl (C=O) groups excluding carboxylic acids is 2. The fraction of sp³-hybridized carbons (Fsp3) is 0.750. The summed E-state index contributed by atoms with van der Waals surface area (Å²) in [5.74, 6) is -0.733. The summed E-state index contributed by atoms with van der Waals surface area (Å²) < 4.78 is 4.84. The zero-order valence-corrected chi connectivity index (χ0v) is 9.06. The van der Waals surface area contributed by atoms with Crippen molar-refractivity contribution in [3.05, 3.63) is 0 Å². The van der Waals surface area contributed by atoms with Crippen molar-refractivity contribution >= 4 is 23.5 Å². The summed E-state index contributed by atoms with van der Waals surface area (Å²) in [7, 11) is 1.59. The van der Waals surface area contributed by atoms with Crippen LogP contribution in [0.15, 0.2) is 0 Å². The van der Waals surface area contributed by atoms with Gasteiger partial charge in [-0.15, -0.1) is 11.6 Å². The molecule has 0 saturated carbocycles. The van der Waals surface area contributed by atoms with Gasteiger partial charge in [-0.25, -0.2) is 4.79 Å². The van der Waals surface area contributed by atoms with E-state index in [9.17, 15) is 9.59 Å². The van der Waals surface area contributed by atoms with Crippen molar-refractivity contribution in [2.24, 2.45) is 0 Å². The predicted octanol–water partition coefficient (Wildman–Crippen LogP) is 0.476. The third-order valence-corrected chi connectivity index (χ3v) is 1.75. The summed E-state index contributed by atoms with van der Waals surface area (Å²) in [6, 6.07) is -0.572. The van der Waals surface area contributed by atoms with Crippen LogP contribution in [0.1, 0.15) is 13.3 Å². The second-order valence-electron chi connectivity index (χ2n) is 2.84. The molecular formula is C8H15ClN2O3. The van der Waals surface area contributed by atoms with Gasteiger partial charge < -0.3 is 10.1 Å². The minimum absolute atomic E-state index is 0.0434. The van der Waals surface area contributed by atoms with Gasteiger partial charge in [0.1, 0.15) is 5.88 Å². The van der Waals surface area contributed by atoms with Gasteiger partial charge in [0.05, 0.1) is 0 Å². The number of imide groups is 1. The highest BCUT2D eigenvalue weighted by Crippen LogP contribution is 1.90. The maximum atomic E-state index is 11.0. The molecule has 0 fully saturated rings. The van der Waals surface area contributed by atoms with Crippen LogP contribution in [-0.2, 0) is 9.53 Å². The lowest BCUT2D eigenvalue weighted by Gasteiger charge is -2.12. The molecule has 0 radical (unpaired) electrons. The van der Waals surface area contributed by atoms with E-state index in [1.54, 1.807) is 7.11 Å². The molecule has 0 bridgehead atoms. The summed E-state index contributed by atoms with van der Waals surface area (Å²) in [5, 5.41) is 4.65. The number of rotatable bonds is 5. The lowest BCUT2D eigenvalue weighted by Crippen LogP contribution is -2.44. The van der Waals surface area contributed by atoms with Crippen molar-refractivity contribution in [1.82, 2.24) is 10.6 Å². The van der Waals surface area contributed by atoms with Crippen LogP contribution in [0.3, 0.4) is 0 Å². The number of ether oxygens (including phenoxy) is 1. The minimum Gasteiger partial charge on any atom is -0.385 e. The average Bonchev–Trinajstić information content (AvgIpc) is 2.14. The van der Waals surface area contributed by atoms with Crippen molar-refractivity contribution < 1.29 is 14.3 Å². The molecule has 0 saturated heterocycles. The van der Waals surface area contributed by atoms with Gasteiger partial charge in [-0.3, -0.25) is 10.1 Å². The zero-order chi connectivity index (χ0) is 11.0. The Morgan fingerprint density at radius 2 is 2.14 bits per heavy atom. The fourth-order valence-electron chi connectivity index (χ4n) is 0.787. The second kappa shape index (κ2) is 7.58. The monoisotopic (exact) mass is 222 g/mol. The standard InChI is InChI=1S/C8H15ClN2O3/c1-6(3-4-14-2)10-8(13)11-7(12)5-9/h6H,3-5H2,1-2H3,(H2,10,11,12,13). The molecule has 1 unspecified atom stereocenters. The second-order valence-corrected chi connectivity index (χ2v) is 3.11. The van der Waals surface area contributed by atoms with Crippen molar-refractivity contribution in [3.63, 3.8) is 0 Å². The van der Waals surface area contributed by atoms with Gasteiger partial charge in [-0.1, -0.05) is 0 Å². The van der Waals surface area contributed by atoms with E-state index in [1.165, 1.54) is 0 Å². The molecule has 5 nitrogen and oxygen atoms in total. The predicted molar refractivity (Wildman–Crippen MR) is 53.3 cm³/mol. The van der Waals surface area contributed by atoms with Crippen LogP contribution in [0.5, 0.6) is 0 Å². The van der Waals surface area contributed by atoms with Crippen molar-refractivity contribution in [3.8, 4) is 0 Å². The van der Waals surface area contributed by atoms with Gasteiger partial charge in [0.15, 0.2) is 0 Å². The molecule has 6 heteroatoms. The number of hydrogen-bond donors (Lipinski definition) is 2. The average molecular weight is 223 g/mol. The van der Waals surface area contributed by atoms with E-state index in [4.69, 9.17) is 16.3 Å². The highest BCUT2D eigenvalue weighted by molar-refractivity contribution is 6.28. The first-order valence-electron chi connectivity index (χ1n) is 4.25. The third-order valence-electron chi connectivity index (χ3n) is 1.51. The molecule has 0 heterocycles. The Bertz CT molecular complexity index is 199. The van der Waals surface area contributed by atoms with E-state index in [2.05, 4.69) is 10.6 Å². The number of urea groups is 1. The molecule has 0 aliphatic heterocycles. The molecule has 0 aromatic rings. The number of halogens is 1. The molecule has 0 spiro atoms. The number of alkyl halides is 1. The Labute approximate surface area is 88.1 Å². The van der Waals surface area contributed by atoms with Crippen LogP contribution in [0.2, 0.25) is 0 Å². The van der Waals surface area contributed by atoms with Crippen molar-refractivity contribution in [2.45, 2.75) is 19.4 Å². The summed E-state index contributed by atoms with van der Waals surface area (Å²) in [5.41, 5.74) is 0. The summed E-state index contributed by atoms with van der Waals surface area (Å²) in [6.07, 6.45) is 0.693. The molecule has 82 valence electrons. The molecule has 0 aliphatic carbocycles. The lowest BCUT2D eigenvalue weighted by molar-refractivity contribution is -0.117. The highest BCUT2D eigenvalue weighted by atomic mass is 35.5. The Balaban J connectivity index is 3.65. The molecule has 0 aliphatic rings. The van der Waals surface area contributed by atoms with Crippen LogP contribution in [0.25, 0.3) is 0 Å². The molecule has 1 atom stereocenters. The van der Waals surface area contributed by atoms with Crippen molar-refractivity contribution in [2.75, 3.05) is 19.6 Å². The lowest BCUT2D eigenvalue weighted by atomic mass is 10.2. The summed E-state index contributed by atoms with van der Waals surface area (Å²) in [4.78, 5) is 21.7. The van der Waals surface area contributed by atoms with E-state index < -0.39 is 11.9 Å². The fourth-order valence-corrected chi connectivity index (χ4v) is 0.854. The van der Waals surface area contributed by atoms with Crippen LogP contribution in [0, 0.1) is 0 Å². The first-order valence-corrected chi connectivity index (χ1v) is 4.78. The highest BCUT2D eigenvalue weighted by Gasteiger charge is 2.09. The van der Waals surface area contributed by atoms with Gasteiger partial charge in [-0.2, -0.15) is 0 Å². The van der Waals surface area contributed by atoms with Crippen LogP contribution < -0.4 is 10.6 Å². The van der Waals surface area contributed by atoms with Crippen molar-refractivity contribution in [1.29, 1.82) is 0 Å². The van der Waals surface area contributed by atoms with Crippen LogP contribution in [-0.4, -0.2) is 37.6 Å². The van der Waals surface area contributed by atoms with Crippen LogP contribution in [0.4, 0.5) is 4.79 Å². The maximum Gasteiger partial charge on any atom is 0.321 e. The van der Waals surface area contributed by atoms with E-state index in [0.717, 1.165) is 0 Å². The minimum atomic E-state index is -0.528. The van der Waals surface area contributed by atoms with E-state index in [-0.39, 0.29) is 11.9 Å². The summed E-state index contributed by atoms with van der Waals surface area (Å²) >= 11 is 5.20. The van der Waals surface area contributed by atoms with E-state index in [0.29, 0.717) is 13.0 Å². The molecular weight excluding hydrogens is 208 g/mol. The largest absolute Gasteiger partial charge is 0.385 e. The van der Waals surface area contributed by atoms with Gasteiger partial charge in [0, 0.05) is 19.8 Å². The third kappa shape index (κ3) is 6.68. The number of carbonyl (C=O) groups is 2. The van der Waals surface area contributed by atoms with Crippen LogP contribution >= 0.6 is 11.6 Å². The summed E-state index contributed by atoms with van der Waals surface area (Å²) in [6.45, 7) is 2.38. The van der Waals surface area contributed by atoms with Gasteiger partial charge >= 0.3 is 6.03 Å². The first-order chi connectivity index (χ1) is 6.60. The molecule has 3 amide bonds. The number of methoxy groups -OCH3 is 1. The number of amides is 3. The number of hydrogen-bond acceptors (Lipinski definition) is 3. The molecule has 2 N–H and O–H groups in total. The maximum absolute atomic E-state index is 11.0. The Morgan fingerprint density at radius 1 is 1.50 bits per heavy atom. The van der Waals surface area contributed by atoms with Gasteiger partial charge in [0.25, 0.3) is 0 Å². The smallest absolute Gasteiger partial charge is 0.321 e. The molecule has 0 aromatic heterocycles. The Morgan fingerprint density at radius 3 is 2.64 bits per heavy atom. The SMILES string of the molecule is COCCC(C)NC(=O)NC(=O)CCl. The Kier molecular flexibility index (Phi) is 7.14. The molecule has 14 heavy (non-hydrogen) atoms. The molecule has 0 rings (SSSR count). The van der Waals surface area contributed by atoms with Gasteiger partial charge in [-0.05, 0) is 13.3 Å². The normalized spacial score (nSPS) is 11.9. The first kappa shape index (κ1) is 13.2. The number of nitrogens with one attached hydrogen (secondary N) is 2. The topological polar surface area (TPSA) is 67.4 Å². The van der Waals surface area contributed by atoms with E-state index in [1.807, 2.05) is 6.92 Å². The zero-order valence-electron chi connectivity index (χ0n) is 8.30.